The first-order valence-corrected chi connectivity index (χ1v) is 7.32. The molecule has 128 valence electrons. The lowest BCUT2D eigenvalue weighted by Crippen LogP contribution is -2.40. The van der Waals surface area contributed by atoms with Crippen LogP contribution in [0.5, 0.6) is 0 Å². The largest absolute Gasteiger partial charge is 0.444 e. The molecule has 1 unspecified atom stereocenters. The number of rotatable bonds is 2. The number of carbonyl (C=O) groups excluding carboxylic acids is 1. The zero-order valence-electron chi connectivity index (χ0n) is 13.3. The number of ether oxygens (including phenoxy) is 1. The molecule has 1 aliphatic heterocycles. The Labute approximate surface area is 132 Å². The predicted molar refractivity (Wildman–Crippen MR) is 79.2 cm³/mol. The van der Waals surface area contributed by atoms with Crippen LogP contribution in [0.2, 0.25) is 0 Å². The summed E-state index contributed by atoms with van der Waals surface area (Å²) in [4.78, 5) is 17.4. The number of anilines is 1. The fourth-order valence-electron chi connectivity index (χ4n) is 2.30. The van der Waals surface area contributed by atoms with E-state index in [0.29, 0.717) is 25.3 Å². The Hall–Kier alpha value is -1.99. The normalized spacial score (nSPS) is 18.9. The van der Waals surface area contributed by atoms with Gasteiger partial charge < -0.3 is 15.0 Å². The summed E-state index contributed by atoms with van der Waals surface area (Å²) in [7, 11) is 0. The van der Waals surface area contributed by atoms with E-state index in [9.17, 15) is 18.0 Å². The molecule has 8 heteroatoms. The number of alkyl carbamates (subject to hydrolysis) is 1. The topological polar surface area (TPSA) is 54.5 Å². The Kier molecular flexibility index (Phi) is 4.72. The highest BCUT2D eigenvalue weighted by Crippen LogP contribution is 2.29. The highest BCUT2D eigenvalue weighted by molar-refractivity contribution is 5.68. The molecule has 1 aliphatic rings. The number of alkyl halides is 3. The molecule has 0 bridgehead atoms. The van der Waals surface area contributed by atoms with E-state index in [0.717, 1.165) is 12.3 Å². The minimum Gasteiger partial charge on any atom is -0.444 e. The summed E-state index contributed by atoms with van der Waals surface area (Å²) in [6.45, 7) is 6.43. The number of halogens is 3. The summed E-state index contributed by atoms with van der Waals surface area (Å²) in [6.07, 6.45) is -3.38. The number of nitrogens with one attached hydrogen (secondary N) is 1. The first-order chi connectivity index (χ1) is 10.5. The number of carbonyl (C=O) groups is 1. The SMILES string of the molecule is CC(C)(C)OC(=O)NC1CCN(c2ccc(C(F)(F)F)cn2)C1. The molecule has 5 nitrogen and oxygen atoms in total. The molecule has 0 aliphatic carbocycles. The Balaban J connectivity index is 1.91. The molecule has 2 rings (SSSR count). The lowest BCUT2D eigenvalue weighted by Gasteiger charge is -2.22. The van der Waals surface area contributed by atoms with Gasteiger partial charge in [0.2, 0.25) is 0 Å². The third-order valence-corrected chi connectivity index (χ3v) is 3.31. The van der Waals surface area contributed by atoms with Gasteiger partial charge in [-0.25, -0.2) is 9.78 Å². The number of aromatic nitrogens is 1. The van der Waals surface area contributed by atoms with E-state index < -0.39 is 23.4 Å². The molecule has 1 aromatic rings. The van der Waals surface area contributed by atoms with Crippen molar-refractivity contribution in [2.75, 3.05) is 18.0 Å². The molecule has 1 atom stereocenters. The molecule has 0 saturated carbocycles. The van der Waals surface area contributed by atoms with Gasteiger partial charge in [-0.3, -0.25) is 0 Å². The van der Waals surface area contributed by atoms with E-state index in [4.69, 9.17) is 4.74 Å². The number of amides is 1. The second kappa shape index (κ2) is 6.25. The van der Waals surface area contributed by atoms with E-state index >= 15 is 0 Å². The van der Waals surface area contributed by atoms with Crippen LogP contribution in [-0.4, -0.2) is 35.8 Å². The van der Waals surface area contributed by atoms with Crippen LogP contribution in [0.4, 0.5) is 23.8 Å². The highest BCUT2D eigenvalue weighted by Gasteiger charge is 2.32. The first-order valence-electron chi connectivity index (χ1n) is 7.32. The van der Waals surface area contributed by atoms with E-state index in [1.54, 1.807) is 20.8 Å². The van der Waals surface area contributed by atoms with Crippen LogP contribution >= 0.6 is 0 Å². The van der Waals surface area contributed by atoms with Gasteiger partial charge in [0.05, 0.1) is 11.6 Å². The zero-order chi connectivity index (χ0) is 17.3. The molecule has 1 amide bonds. The predicted octanol–water partition coefficient (Wildman–Crippen LogP) is 3.20. The van der Waals surface area contributed by atoms with Gasteiger partial charge in [-0.2, -0.15) is 13.2 Å². The van der Waals surface area contributed by atoms with Gasteiger partial charge >= 0.3 is 12.3 Å². The molecule has 2 heterocycles. The summed E-state index contributed by atoms with van der Waals surface area (Å²) >= 11 is 0. The van der Waals surface area contributed by atoms with Gasteiger partial charge in [0, 0.05) is 19.3 Å². The second-order valence-electron chi connectivity index (χ2n) is 6.48. The second-order valence-corrected chi connectivity index (χ2v) is 6.48. The lowest BCUT2D eigenvalue weighted by atomic mass is 10.2. The Morgan fingerprint density at radius 2 is 2.04 bits per heavy atom. The minimum absolute atomic E-state index is 0.117. The van der Waals surface area contributed by atoms with Gasteiger partial charge in [-0.05, 0) is 39.3 Å². The van der Waals surface area contributed by atoms with Crippen molar-refractivity contribution in [2.24, 2.45) is 0 Å². The zero-order valence-corrected chi connectivity index (χ0v) is 13.3. The quantitative estimate of drug-likeness (QED) is 0.904. The maximum absolute atomic E-state index is 12.5. The first kappa shape index (κ1) is 17.4. The van der Waals surface area contributed by atoms with Crippen molar-refractivity contribution in [1.82, 2.24) is 10.3 Å². The number of hydrogen-bond donors (Lipinski definition) is 1. The van der Waals surface area contributed by atoms with Gasteiger partial charge in [0.15, 0.2) is 0 Å². The average molecular weight is 331 g/mol. The van der Waals surface area contributed by atoms with E-state index in [1.807, 2.05) is 4.90 Å². The maximum Gasteiger partial charge on any atom is 0.417 e. The van der Waals surface area contributed by atoms with Crippen molar-refractivity contribution in [3.63, 3.8) is 0 Å². The minimum atomic E-state index is -4.39. The van der Waals surface area contributed by atoms with E-state index in [1.165, 1.54) is 6.07 Å². The van der Waals surface area contributed by atoms with Gasteiger partial charge in [-0.1, -0.05) is 0 Å². The van der Waals surface area contributed by atoms with Crippen molar-refractivity contribution in [2.45, 2.75) is 45.0 Å². The monoisotopic (exact) mass is 331 g/mol. The van der Waals surface area contributed by atoms with Crippen LogP contribution in [0, 0.1) is 0 Å². The molecule has 0 radical (unpaired) electrons. The number of pyridine rings is 1. The van der Waals surface area contributed by atoms with Gasteiger partial charge in [-0.15, -0.1) is 0 Å². The molecule has 1 N–H and O–H groups in total. The standard InChI is InChI=1S/C15H20F3N3O2/c1-14(2,3)23-13(22)20-11-6-7-21(9-11)12-5-4-10(8-19-12)15(16,17)18/h4-5,8,11H,6-7,9H2,1-3H3,(H,20,22). The van der Waals surface area contributed by atoms with Crippen LogP contribution in [0.3, 0.4) is 0 Å². The highest BCUT2D eigenvalue weighted by atomic mass is 19.4. The van der Waals surface area contributed by atoms with E-state index in [-0.39, 0.29) is 6.04 Å². The Bertz CT molecular complexity index is 553. The molecular weight excluding hydrogens is 311 g/mol. The summed E-state index contributed by atoms with van der Waals surface area (Å²) in [5.74, 6) is 0.464. The lowest BCUT2D eigenvalue weighted by molar-refractivity contribution is -0.137. The number of nitrogens with zero attached hydrogens (tertiary/aromatic N) is 2. The van der Waals surface area contributed by atoms with Gasteiger partial charge in [0.25, 0.3) is 0 Å². The van der Waals surface area contributed by atoms with Crippen molar-refractivity contribution < 1.29 is 22.7 Å². The smallest absolute Gasteiger partial charge is 0.417 e. The molecule has 1 aromatic heterocycles. The molecule has 1 saturated heterocycles. The van der Waals surface area contributed by atoms with Crippen LogP contribution in [-0.2, 0) is 10.9 Å². The fraction of sp³-hybridized carbons (Fsp3) is 0.600. The number of hydrogen-bond acceptors (Lipinski definition) is 4. The summed E-state index contributed by atoms with van der Waals surface area (Å²) in [6, 6.07) is 2.24. The van der Waals surface area contributed by atoms with Crippen molar-refractivity contribution in [3.05, 3.63) is 23.9 Å². The molecule has 0 aromatic carbocycles. The third kappa shape index (κ3) is 5.01. The fourth-order valence-corrected chi connectivity index (χ4v) is 2.30. The van der Waals surface area contributed by atoms with Crippen LogP contribution < -0.4 is 10.2 Å². The van der Waals surface area contributed by atoms with Crippen LogP contribution in [0.1, 0.15) is 32.8 Å². The summed E-state index contributed by atoms with van der Waals surface area (Å²) < 4.78 is 42.8. The van der Waals surface area contributed by atoms with E-state index in [2.05, 4.69) is 10.3 Å². The Morgan fingerprint density at radius 1 is 1.35 bits per heavy atom. The van der Waals surface area contributed by atoms with Crippen LogP contribution in [0.25, 0.3) is 0 Å². The van der Waals surface area contributed by atoms with Crippen molar-refractivity contribution in [1.29, 1.82) is 0 Å². The molecule has 1 fully saturated rings. The summed E-state index contributed by atoms with van der Waals surface area (Å²) in [5.41, 5.74) is -1.35. The van der Waals surface area contributed by atoms with Crippen molar-refractivity contribution >= 4 is 11.9 Å². The van der Waals surface area contributed by atoms with Crippen LogP contribution in [0.15, 0.2) is 18.3 Å². The molecular formula is C15H20F3N3O2. The average Bonchev–Trinajstić information content (AvgIpc) is 2.84. The van der Waals surface area contributed by atoms with Crippen molar-refractivity contribution in [3.8, 4) is 0 Å². The third-order valence-electron chi connectivity index (χ3n) is 3.31. The van der Waals surface area contributed by atoms with Gasteiger partial charge in [0.1, 0.15) is 11.4 Å². The molecule has 23 heavy (non-hydrogen) atoms. The summed E-state index contributed by atoms with van der Waals surface area (Å²) in [5, 5.41) is 2.76. The molecule has 0 spiro atoms. The maximum atomic E-state index is 12.5. The Morgan fingerprint density at radius 3 is 2.57 bits per heavy atom.